The Balaban J connectivity index is 1.74. The Morgan fingerprint density at radius 2 is 2.00 bits per heavy atom. The minimum atomic E-state index is -0.333. The van der Waals surface area contributed by atoms with E-state index in [1.54, 1.807) is 28.7 Å². The molecule has 1 N–H and O–H groups in total. The Morgan fingerprint density at radius 1 is 1.26 bits per heavy atom. The van der Waals surface area contributed by atoms with E-state index in [0.29, 0.717) is 23.1 Å². The summed E-state index contributed by atoms with van der Waals surface area (Å²) in [5, 5.41) is 11.5. The molecule has 0 bridgehead atoms. The van der Waals surface area contributed by atoms with Crippen LogP contribution in [0.15, 0.2) is 42.6 Å². The van der Waals surface area contributed by atoms with E-state index in [4.69, 9.17) is 11.6 Å². The highest BCUT2D eigenvalue weighted by Gasteiger charge is 2.15. The van der Waals surface area contributed by atoms with E-state index in [0.717, 1.165) is 11.3 Å². The van der Waals surface area contributed by atoms with Crippen LogP contribution in [0.5, 0.6) is 0 Å². The number of nitrogens with one attached hydrogen (secondary N) is 1. The van der Waals surface area contributed by atoms with E-state index in [-0.39, 0.29) is 5.91 Å². The highest BCUT2D eigenvalue weighted by Crippen LogP contribution is 2.20. The van der Waals surface area contributed by atoms with E-state index < -0.39 is 0 Å². The topological polar surface area (TPSA) is 64.7 Å². The lowest BCUT2D eigenvalue weighted by Gasteiger charge is -2.01. The molecule has 118 valence electrons. The van der Waals surface area contributed by atoms with E-state index in [1.807, 2.05) is 37.3 Å². The van der Waals surface area contributed by atoms with Gasteiger partial charge in [0.05, 0.1) is 6.54 Å². The molecule has 0 radical (unpaired) electrons. The molecule has 0 aliphatic carbocycles. The van der Waals surface area contributed by atoms with E-state index in [9.17, 15) is 4.79 Å². The van der Waals surface area contributed by atoms with Crippen LogP contribution in [0.1, 0.15) is 21.7 Å². The second-order valence-corrected chi connectivity index (χ2v) is 5.66. The van der Waals surface area contributed by atoms with Crippen molar-refractivity contribution in [2.75, 3.05) is 5.32 Å². The number of rotatable bonds is 4. The van der Waals surface area contributed by atoms with Gasteiger partial charge in [0.2, 0.25) is 0 Å². The fraction of sp³-hybridized carbons (Fsp3) is 0.188. The van der Waals surface area contributed by atoms with Crippen molar-refractivity contribution in [2.45, 2.75) is 13.5 Å². The number of hydrogen-bond donors (Lipinski definition) is 1. The fourth-order valence-electron chi connectivity index (χ4n) is 2.18. The molecule has 0 saturated heterocycles. The Bertz CT molecular complexity index is 818. The number of anilines is 1. The lowest BCUT2D eigenvalue weighted by atomic mass is 10.2. The first kappa shape index (κ1) is 15.3. The molecule has 1 amide bonds. The molecule has 0 fully saturated rings. The smallest absolute Gasteiger partial charge is 0.277 e. The summed E-state index contributed by atoms with van der Waals surface area (Å²) in [7, 11) is 1.79. The minimum absolute atomic E-state index is 0.330. The Kier molecular flexibility index (Phi) is 4.16. The number of benzene rings is 1. The molecule has 3 aromatic rings. The Morgan fingerprint density at radius 3 is 2.65 bits per heavy atom. The highest BCUT2D eigenvalue weighted by molar-refractivity contribution is 6.33. The normalized spacial score (nSPS) is 10.7. The number of hydrogen-bond acceptors (Lipinski definition) is 3. The van der Waals surface area contributed by atoms with Crippen LogP contribution in [0.2, 0.25) is 5.02 Å². The SMILES string of the molecule is Cc1cc(C(=O)Nc2nn(Cc3ccccc3)cc2Cl)nn1C. The van der Waals surface area contributed by atoms with Gasteiger partial charge in [-0.2, -0.15) is 10.2 Å². The lowest BCUT2D eigenvalue weighted by Crippen LogP contribution is -2.14. The molecular weight excluding hydrogens is 314 g/mol. The Hall–Kier alpha value is -2.60. The maximum atomic E-state index is 12.2. The molecule has 0 aliphatic heterocycles. The molecule has 3 rings (SSSR count). The summed E-state index contributed by atoms with van der Waals surface area (Å²) < 4.78 is 3.33. The highest BCUT2D eigenvalue weighted by atomic mass is 35.5. The molecule has 1 aromatic carbocycles. The number of halogens is 1. The maximum absolute atomic E-state index is 12.2. The number of aryl methyl sites for hydroxylation is 2. The van der Waals surface area contributed by atoms with Crippen molar-refractivity contribution in [2.24, 2.45) is 7.05 Å². The molecule has 0 saturated carbocycles. The van der Waals surface area contributed by atoms with Crippen molar-refractivity contribution in [1.82, 2.24) is 19.6 Å². The predicted octanol–water partition coefficient (Wildman–Crippen LogP) is 2.88. The van der Waals surface area contributed by atoms with Gasteiger partial charge >= 0.3 is 0 Å². The summed E-state index contributed by atoms with van der Waals surface area (Å²) >= 11 is 6.16. The zero-order valence-electron chi connectivity index (χ0n) is 12.8. The van der Waals surface area contributed by atoms with E-state index >= 15 is 0 Å². The first-order chi connectivity index (χ1) is 11.0. The first-order valence-electron chi connectivity index (χ1n) is 7.12. The predicted molar refractivity (Wildman–Crippen MR) is 88.7 cm³/mol. The van der Waals surface area contributed by atoms with Gasteiger partial charge in [0.25, 0.3) is 5.91 Å². The molecule has 2 aromatic heterocycles. The van der Waals surface area contributed by atoms with Crippen molar-refractivity contribution in [3.8, 4) is 0 Å². The largest absolute Gasteiger partial charge is 0.302 e. The van der Waals surface area contributed by atoms with Gasteiger partial charge in [-0.05, 0) is 18.6 Å². The van der Waals surface area contributed by atoms with Gasteiger partial charge in [-0.15, -0.1) is 0 Å². The molecule has 6 nitrogen and oxygen atoms in total. The fourth-order valence-corrected chi connectivity index (χ4v) is 2.37. The average Bonchev–Trinajstić information content (AvgIpc) is 3.03. The van der Waals surface area contributed by atoms with Crippen LogP contribution in [-0.2, 0) is 13.6 Å². The van der Waals surface area contributed by atoms with Gasteiger partial charge in [0.1, 0.15) is 5.02 Å². The summed E-state index contributed by atoms with van der Waals surface area (Å²) in [4.78, 5) is 12.2. The molecule has 0 unspecified atom stereocenters. The quantitative estimate of drug-likeness (QED) is 0.800. The third-order valence-electron chi connectivity index (χ3n) is 3.48. The molecular formula is C16H16ClN5O. The number of carbonyl (C=O) groups is 1. The van der Waals surface area contributed by atoms with E-state index in [1.165, 1.54) is 0 Å². The standard InChI is InChI=1S/C16H16ClN5O/c1-11-8-14(19-21(11)2)16(23)18-15-13(17)10-22(20-15)9-12-6-4-3-5-7-12/h3-8,10H,9H2,1-2H3,(H,18,20,23). The van der Waals surface area contributed by atoms with Crippen molar-refractivity contribution in [1.29, 1.82) is 0 Å². The van der Waals surface area contributed by atoms with Crippen molar-refractivity contribution in [3.05, 3.63) is 64.6 Å². The van der Waals surface area contributed by atoms with Crippen LogP contribution in [0.3, 0.4) is 0 Å². The van der Waals surface area contributed by atoms with Gasteiger partial charge in [0, 0.05) is 18.9 Å². The number of amides is 1. The molecule has 0 spiro atoms. The van der Waals surface area contributed by atoms with Gasteiger partial charge in [0.15, 0.2) is 11.5 Å². The van der Waals surface area contributed by atoms with Gasteiger partial charge < -0.3 is 5.32 Å². The second kappa shape index (κ2) is 6.26. The summed E-state index contributed by atoms with van der Waals surface area (Å²) in [5.41, 5.74) is 2.33. The lowest BCUT2D eigenvalue weighted by molar-refractivity contribution is 0.102. The van der Waals surface area contributed by atoms with Gasteiger partial charge in [-0.25, -0.2) is 0 Å². The monoisotopic (exact) mass is 329 g/mol. The zero-order chi connectivity index (χ0) is 16.4. The van der Waals surface area contributed by atoms with Gasteiger partial charge in [-0.3, -0.25) is 14.2 Å². The molecule has 23 heavy (non-hydrogen) atoms. The number of aromatic nitrogens is 4. The van der Waals surface area contributed by atoms with Crippen molar-refractivity contribution >= 4 is 23.3 Å². The number of carbonyl (C=O) groups excluding carboxylic acids is 1. The third-order valence-corrected chi connectivity index (χ3v) is 3.76. The van der Waals surface area contributed by atoms with Crippen molar-refractivity contribution in [3.63, 3.8) is 0 Å². The van der Waals surface area contributed by atoms with Gasteiger partial charge in [-0.1, -0.05) is 41.9 Å². The summed E-state index contributed by atoms with van der Waals surface area (Å²) in [6.07, 6.45) is 1.69. The summed E-state index contributed by atoms with van der Waals surface area (Å²) in [6.45, 7) is 2.46. The zero-order valence-corrected chi connectivity index (χ0v) is 13.6. The molecule has 2 heterocycles. The number of nitrogens with zero attached hydrogens (tertiary/aromatic N) is 4. The van der Waals surface area contributed by atoms with Crippen LogP contribution in [-0.4, -0.2) is 25.5 Å². The van der Waals surface area contributed by atoms with Crippen LogP contribution in [0, 0.1) is 6.92 Å². The first-order valence-corrected chi connectivity index (χ1v) is 7.49. The van der Waals surface area contributed by atoms with Crippen LogP contribution in [0.25, 0.3) is 0 Å². The molecule has 7 heteroatoms. The summed E-state index contributed by atoms with van der Waals surface area (Å²) in [6, 6.07) is 11.6. The average molecular weight is 330 g/mol. The van der Waals surface area contributed by atoms with Crippen LogP contribution < -0.4 is 5.32 Å². The second-order valence-electron chi connectivity index (χ2n) is 5.26. The summed E-state index contributed by atoms with van der Waals surface area (Å²) in [5.74, 6) is -0.00327. The molecule has 0 aliphatic rings. The maximum Gasteiger partial charge on any atom is 0.277 e. The van der Waals surface area contributed by atoms with Crippen LogP contribution >= 0.6 is 11.6 Å². The van der Waals surface area contributed by atoms with E-state index in [2.05, 4.69) is 15.5 Å². The third kappa shape index (κ3) is 3.43. The molecule has 0 atom stereocenters. The van der Waals surface area contributed by atoms with Crippen molar-refractivity contribution < 1.29 is 4.79 Å². The van der Waals surface area contributed by atoms with Crippen LogP contribution in [0.4, 0.5) is 5.82 Å². The Labute approximate surface area is 138 Å². The minimum Gasteiger partial charge on any atom is -0.302 e.